The van der Waals surface area contributed by atoms with Gasteiger partial charge in [0, 0.05) is 6.42 Å². The van der Waals surface area contributed by atoms with E-state index in [0.29, 0.717) is 6.42 Å². The second kappa shape index (κ2) is 5.96. The van der Waals surface area contributed by atoms with Crippen molar-refractivity contribution in [2.24, 2.45) is 4.99 Å². The van der Waals surface area contributed by atoms with E-state index in [1.165, 1.54) is 13.5 Å². The quantitative estimate of drug-likeness (QED) is 0.543. The van der Waals surface area contributed by atoms with Crippen LogP contribution in [0.3, 0.4) is 0 Å². The summed E-state index contributed by atoms with van der Waals surface area (Å²) in [5.41, 5.74) is 1.10. The summed E-state index contributed by atoms with van der Waals surface area (Å²) in [6.07, 6.45) is 1.94. The van der Waals surface area contributed by atoms with Gasteiger partial charge in [0.1, 0.15) is 6.04 Å². The zero-order chi connectivity index (χ0) is 11.1. The fourth-order valence-corrected chi connectivity index (χ4v) is 1.27. The molecule has 1 atom stereocenters. The van der Waals surface area contributed by atoms with E-state index in [9.17, 15) is 4.79 Å². The SMILES string of the molecule is COC=NC(Cc1ccccc1)C(C)=O. The Kier molecular flexibility index (Phi) is 4.54. The second-order valence-corrected chi connectivity index (χ2v) is 3.31. The molecule has 0 saturated heterocycles. The smallest absolute Gasteiger partial charge is 0.169 e. The van der Waals surface area contributed by atoms with Crippen LogP contribution < -0.4 is 0 Å². The fourth-order valence-electron chi connectivity index (χ4n) is 1.27. The van der Waals surface area contributed by atoms with Gasteiger partial charge in [-0.25, -0.2) is 4.99 Å². The van der Waals surface area contributed by atoms with E-state index in [1.807, 2.05) is 30.3 Å². The van der Waals surface area contributed by atoms with Crippen LogP contribution in [-0.4, -0.2) is 25.3 Å². The number of ketones is 1. The van der Waals surface area contributed by atoms with Gasteiger partial charge in [0.05, 0.1) is 7.11 Å². The summed E-state index contributed by atoms with van der Waals surface area (Å²) in [7, 11) is 1.52. The Bertz CT molecular complexity index is 333. The molecule has 3 heteroatoms. The van der Waals surface area contributed by atoms with Gasteiger partial charge in [-0.05, 0) is 12.5 Å². The third kappa shape index (κ3) is 3.94. The molecule has 0 saturated carbocycles. The van der Waals surface area contributed by atoms with Gasteiger partial charge in [-0.3, -0.25) is 4.79 Å². The summed E-state index contributed by atoms with van der Waals surface area (Å²) in [6.45, 7) is 1.54. The van der Waals surface area contributed by atoms with E-state index in [2.05, 4.69) is 4.99 Å². The van der Waals surface area contributed by atoms with E-state index in [0.717, 1.165) is 5.56 Å². The molecule has 1 unspecified atom stereocenters. The minimum absolute atomic E-state index is 0.0483. The van der Waals surface area contributed by atoms with Crippen molar-refractivity contribution in [1.29, 1.82) is 0 Å². The molecule has 0 radical (unpaired) electrons. The minimum atomic E-state index is -0.340. The summed E-state index contributed by atoms with van der Waals surface area (Å²) in [5, 5.41) is 0. The number of Topliss-reactive ketones (excluding diaryl/α,β-unsaturated/α-hetero) is 1. The highest BCUT2D eigenvalue weighted by molar-refractivity contribution is 5.83. The third-order valence-corrected chi connectivity index (χ3v) is 2.09. The summed E-state index contributed by atoms with van der Waals surface area (Å²) in [4.78, 5) is 15.3. The van der Waals surface area contributed by atoms with Crippen LogP contribution in [0.5, 0.6) is 0 Å². The van der Waals surface area contributed by atoms with Crippen LogP contribution in [0.15, 0.2) is 35.3 Å². The maximum Gasteiger partial charge on any atom is 0.169 e. The highest BCUT2D eigenvalue weighted by Gasteiger charge is 2.12. The van der Waals surface area contributed by atoms with Crippen molar-refractivity contribution in [3.05, 3.63) is 35.9 Å². The lowest BCUT2D eigenvalue weighted by Gasteiger charge is -2.07. The molecule has 1 rings (SSSR count). The molecule has 3 nitrogen and oxygen atoms in total. The number of aliphatic imine (C=N–C) groups is 1. The molecule has 0 aromatic heterocycles. The average Bonchev–Trinajstić information content (AvgIpc) is 2.25. The van der Waals surface area contributed by atoms with Gasteiger partial charge >= 0.3 is 0 Å². The van der Waals surface area contributed by atoms with E-state index in [1.54, 1.807) is 6.92 Å². The number of benzene rings is 1. The molecule has 1 aromatic carbocycles. The molecule has 15 heavy (non-hydrogen) atoms. The van der Waals surface area contributed by atoms with E-state index in [4.69, 9.17) is 4.74 Å². The van der Waals surface area contributed by atoms with Crippen LogP contribution in [0, 0.1) is 0 Å². The summed E-state index contributed by atoms with van der Waals surface area (Å²) < 4.78 is 4.72. The van der Waals surface area contributed by atoms with Crippen LogP contribution in [0.25, 0.3) is 0 Å². The number of carbonyl (C=O) groups excluding carboxylic acids is 1. The van der Waals surface area contributed by atoms with E-state index >= 15 is 0 Å². The van der Waals surface area contributed by atoms with Crippen LogP contribution in [0.4, 0.5) is 0 Å². The Labute approximate surface area is 89.8 Å². The van der Waals surface area contributed by atoms with E-state index < -0.39 is 0 Å². The highest BCUT2D eigenvalue weighted by atomic mass is 16.5. The van der Waals surface area contributed by atoms with Gasteiger partial charge in [0.15, 0.2) is 12.2 Å². The normalized spacial score (nSPS) is 12.7. The average molecular weight is 205 g/mol. The van der Waals surface area contributed by atoms with Crippen molar-refractivity contribution < 1.29 is 9.53 Å². The molecule has 0 fully saturated rings. The van der Waals surface area contributed by atoms with Crippen molar-refractivity contribution in [2.45, 2.75) is 19.4 Å². The Balaban J connectivity index is 2.67. The largest absolute Gasteiger partial charge is 0.487 e. The first-order valence-corrected chi connectivity index (χ1v) is 4.83. The first-order valence-electron chi connectivity index (χ1n) is 4.83. The van der Waals surface area contributed by atoms with Gasteiger partial charge in [-0.15, -0.1) is 0 Å². The van der Waals surface area contributed by atoms with Crippen molar-refractivity contribution in [3.63, 3.8) is 0 Å². The third-order valence-electron chi connectivity index (χ3n) is 2.09. The van der Waals surface area contributed by atoms with Crippen molar-refractivity contribution >= 4 is 12.2 Å². The fraction of sp³-hybridized carbons (Fsp3) is 0.333. The molecular weight excluding hydrogens is 190 g/mol. The molecule has 0 N–H and O–H groups in total. The summed E-state index contributed by atoms with van der Waals surface area (Å²) >= 11 is 0. The van der Waals surface area contributed by atoms with Crippen LogP contribution in [-0.2, 0) is 16.0 Å². The maximum absolute atomic E-state index is 11.3. The topological polar surface area (TPSA) is 38.7 Å². The van der Waals surface area contributed by atoms with Gasteiger partial charge in [0.2, 0.25) is 0 Å². The highest BCUT2D eigenvalue weighted by Crippen LogP contribution is 2.06. The lowest BCUT2D eigenvalue weighted by molar-refractivity contribution is -0.118. The lowest BCUT2D eigenvalue weighted by Crippen LogP contribution is -2.18. The number of rotatable bonds is 5. The number of hydrogen-bond acceptors (Lipinski definition) is 3. The number of hydrogen-bond donors (Lipinski definition) is 0. The first kappa shape index (κ1) is 11.4. The maximum atomic E-state index is 11.3. The minimum Gasteiger partial charge on any atom is -0.487 e. The molecule has 0 aliphatic carbocycles. The van der Waals surface area contributed by atoms with Crippen LogP contribution in [0.2, 0.25) is 0 Å². The van der Waals surface area contributed by atoms with Crippen molar-refractivity contribution in [3.8, 4) is 0 Å². The van der Waals surface area contributed by atoms with Crippen LogP contribution >= 0.6 is 0 Å². The molecule has 0 heterocycles. The molecule has 0 amide bonds. The monoisotopic (exact) mass is 205 g/mol. The summed E-state index contributed by atoms with van der Waals surface area (Å²) in [6, 6.07) is 9.48. The van der Waals surface area contributed by atoms with Gasteiger partial charge < -0.3 is 4.74 Å². The van der Waals surface area contributed by atoms with Crippen molar-refractivity contribution in [2.75, 3.05) is 7.11 Å². The Morgan fingerprint density at radius 1 is 1.47 bits per heavy atom. The molecule has 1 aromatic rings. The molecule has 0 spiro atoms. The Hall–Kier alpha value is -1.64. The zero-order valence-electron chi connectivity index (χ0n) is 9.01. The van der Waals surface area contributed by atoms with Crippen LogP contribution in [0.1, 0.15) is 12.5 Å². The molecule has 0 aliphatic heterocycles. The van der Waals surface area contributed by atoms with Gasteiger partial charge in [-0.2, -0.15) is 0 Å². The summed E-state index contributed by atoms with van der Waals surface area (Å²) in [5.74, 6) is 0.0483. The molecule has 80 valence electrons. The predicted octanol–water partition coefficient (Wildman–Crippen LogP) is 1.86. The Morgan fingerprint density at radius 2 is 2.13 bits per heavy atom. The lowest BCUT2D eigenvalue weighted by atomic mass is 10.0. The Morgan fingerprint density at radius 3 is 2.67 bits per heavy atom. The first-order chi connectivity index (χ1) is 7.24. The molecule has 0 aliphatic rings. The van der Waals surface area contributed by atoms with Gasteiger partial charge in [0.25, 0.3) is 0 Å². The number of ether oxygens (including phenoxy) is 1. The number of nitrogens with zero attached hydrogens (tertiary/aromatic N) is 1. The molecular formula is C12H15NO2. The second-order valence-electron chi connectivity index (χ2n) is 3.31. The molecule has 0 bridgehead atoms. The number of methoxy groups -OCH3 is 1. The van der Waals surface area contributed by atoms with E-state index in [-0.39, 0.29) is 11.8 Å². The van der Waals surface area contributed by atoms with Gasteiger partial charge in [-0.1, -0.05) is 30.3 Å². The number of carbonyl (C=O) groups is 1. The predicted molar refractivity (Wildman–Crippen MR) is 60.1 cm³/mol. The zero-order valence-corrected chi connectivity index (χ0v) is 9.01. The van der Waals surface area contributed by atoms with Crippen molar-refractivity contribution in [1.82, 2.24) is 0 Å². The standard InChI is InChI=1S/C12H15NO2/c1-10(14)12(13-9-15-2)8-11-6-4-3-5-7-11/h3-7,9,12H,8H2,1-2H3.